The van der Waals surface area contributed by atoms with Crippen LogP contribution in [0.3, 0.4) is 0 Å². The summed E-state index contributed by atoms with van der Waals surface area (Å²) >= 11 is 0. The van der Waals surface area contributed by atoms with Crippen LogP contribution < -0.4 is 10.6 Å². The minimum atomic E-state index is -1.09. The first-order chi connectivity index (χ1) is 9.43. The molecule has 3 N–H and O–H groups in total. The summed E-state index contributed by atoms with van der Waals surface area (Å²) in [7, 11) is 0. The largest absolute Gasteiger partial charge is 0.480 e. The molecule has 0 aliphatic rings. The van der Waals surface area contributed by atoms with E-state index >= 15 is 0 Å². The lowest BCUT2D eigenvalue weighted by atomic mass is 10.0. The number of anilines is 1. The van der Waals surface area contributed by atoms with Crippen molar-refractivity contribution in [2.45, 2.75) is 32.2 Å². The van der Waals surface area contributed by atoms with Gasteiger partial charge in [0.25, 0.3) is 0 Å². The van der Waals surface area contributed by atoms with E-state index in [2.05, 4.69) is 31.1 Å². The van der Waals surface area contributed by atoms with Crippen LogP contribution in [-0.2, 0) is 4.79 Å². The fraction of sp³-hybridized carbons (Fsp3) is 0.333. The van der Waals surface area contributed by atoms with Gasteiger partial charge in [-0.2, -0.15) is 0 Å². The molecule has 108 valence electrons. The highest BCUT2D eigenvalue weighted by Crippen LogP contribution is 2.18. The maximum atomic E-state index is 11.8. The SMILES string of the molecule is C=CCC(NC(=O)Nc1cccc(C(C)C)c1)C(=O)O. The Morgan fingerprint density at radius 3 is 2.65 bits per heavy atom. The van der Waals surface area contributed by atoms with E-state index in [0.717, 1.165) is 5.56 Å². The van der Waals surface area contributed by atoms with E-state index in [-0.39, 0.29) is 6.42 Å². The summed E-state index contributed by atoms with van der Waals surface area (Å²) in [4.78, 5) is 22.7. The number of aliphatic carboxylic acids is 1. The Labute approximate surface area is 118 Å². The molecule has 0 fully saturated rings. The predicted octanol–water partition coefficient (Wildman–Crippen LogP) is 2.96. The molecule has 1 aromatic carbocycles. The Hall–Kier alpha value is -2.30. The highest BCUT2D eigenvalue weighted by molar-refractivity contribution is 5.92. The van der Waals surface area contributed by atoms with E-state index < -0.39 is 18.0 Å². The zero-order chi connectivity index (χ0) is 15.1. The summed E-state index contributed by atoms with van der Waals surface area (Å²) in [6.45, 7) is 7.59. The van der Waals surface area contributed by atoms with Gasteiger partial charge < -0.3 is 15.7 Å². The number of benzene rings is 1. The first-order valence-corrected chi connectivity index (χ1v) is 6.45. The summed E-state index contributed by atoms with van der Waals surface area (Å²) in [5, 5.41) is 14.0. The number of hydrogen-bond acceptors (Lipinski definition) is 2. The van der Waals surface area contributed by atoms with Gasteiger partial charge >= 0.3 is 12.0 Å². The quantitative estimate of drug-likeness (QED) is 0.699. The molecule has 0 aliphatic heterocycles. The van der Waals surface area contributed by atoms with Crippen LogP contribution in [0.1, 0.15) is 31.7 Å². The molecule has 0 saturated carbocycles. The third-order valence-electron chi connectivity index (χ3n) is 2.82. The van der Waals surface area contributed by atoms with E-state index in [1.54, 1.807) is 6.07 Å². The zero-order valence-corrected chi connectivity index (χ0v) is 11.7. The number of hydrogen-bond donors (Lipinski definition) is 3. The van der Waals surface area contributed by atoms with Gasteiger partial charge in [-0.1, -0.05) is 32.1 Å². The third kappa shape index (κ3) is 4.76. The fourth-order valence-electron chi connectivity index (χ4n) is 1.69. The molecule has 5 heteroatoms. The summed E-state index contributed by atoms with van der Waals surface area (Å²) in [5.41, 5.74) is 1.74. The van der Waals surface area contributed by atoms with Crippen molar-refractivity contribution in [1.82, 2.24) is 5.32 Å². The maximum absolute atomic E-state index is 11.8. The highest BCUT2D eigenvalue weighted by atomic mass is 16.4. The van der Waals surface area contributed by atoms with Crippen LogP contribution in [0, 0.1) is 0 Å². The first-order valence-electron chi connectivity index (χ1n) is 6.45. The summed E-state index contributed by atoms with van der Waals surface area (Å²) in [6, 6.07) is 5.94. The normalized spacial score (nSPS) is 11.8. The van der Waals surface area contributed by atoms with Gasteiger partial charge in [0.15, 0.2) is 0 Å². The molecule has 0 spiro atoms. The molecule has 1 rings (SSSR count). The van der Waals surface area contributed by atoms with Crippen LogP contribution in [0.25, 0.3) is 0 Å². The molecule has 20 heavy (non-hydrogen) atoms. The van der Waals surface area contributed by atoms with E-state index in [9.17, 15) is 9.59 Å². The maximum Gasteiger partial charge on any atom is 0.326 e. The standard InChI is InChI=1S/C15H20N2O3/c1-4-6-13(14(18)19)17-15(20)16-12-8-5-7-11(9-12)10(2)3/h4-5,7-10,13H,1,6H2,2-3H3,(H,18,19)(H2,16,17,20). The Balaban J connectivity index is 2.68. The number of amides is 2. The molecular weight excluding hydrogens is 256 g/mol. The first kappa shape index (κ1) is 15.8. The topological polar surface area (TPSA) is 78.4 Å². The Bertz CT molecular complexity index is 498. The molecule has 0 bridgehead atoms. The average molecular weight is 276 g/mol. The minimum absolute atomic E-state index is 0.175. The van der Waals surface area contributed by atoms with Crippen molar-refractivity contribution in [3.63, 3.8) is 0 Å². The average Bonchev–Trinajstić information content (AvgIpc) is 2.38. The second kappa shape index (κ2) is 7.33. The van der Waals surface area contributed by atoms with Gasteiger partial charge in [0.2, 0.25) is 0 Å². The number of rotatable bonds is 6. The van der Waals surface area contributed by atoms with Crippen LogP contribution in [0.2, 0.25) is 0 Å². The molecule has 0 radical (unpaired) electrons. The molecule has 1 atom stereocenters. The molecule has 1 unspecified atom stereocenters. The van der Waals surface area contributed by atoms with Crippen LogP contribution in [0.4, 0.5) is 10.5 Å². The van der Waals surface area contributed by atoms with Crippen LogP contribution in [0.5, 0.6) is 0 Å². The molecule has 0 saturated heterocycles. The van der Waals surface area contributed by atoms with Gasteiger partial charge in [0.1, 0.15) is 6.04 Å². The Kier molecular flexibility index (Phi) is 5.77. The molecule has 2 amide bonds. The van der Waals surface area contributed by atoms with Crippen LogP contribution in [-0.4, -0.2) is 23.1 Å². The van der Waals surface area contributed by atoms with Gasteiger partial charge in [-0.25, -0.2) is 9.59 Å². The molecule has 0 aromatic heterocycles. The van der Waals surface area contributed by atoms with Gasteiger partial charge in [0.05, 0.1) is 0 Å². The highest BCUT2D eigenvalue weighted by Gasteiger charge is 2.18. The lowest BCUT2D eigenvalue weighted by Gasteiger charge is -2.14. The lowest BCUT2D eigenvalue weighted by molar-refractivity contribution is -0.139. The van der Waals surface area contributed by atoms with Crippen molar-refractivity contribution >= 4 is 17.7 Å². The van der Waals surface area contributed by atoms with Crippen LogP contribution >= 0.6 is 0 Å². The zero-order valence-electron chi connectivity index (χ0n) is 11.7. The summed E-state index contributed by atoms with van der Waals surface area (Å²) in [6.07, 6.45) is 1.63. The van der Waals surface area contributed by atoms with Crippen molar-refractivity contribution < 1.29 is 14.7 Å². The predicted molar refractivity (Wildman–Crippen MR) is 78.9 cm³/mol. The van der Waals surface area contributed by atoms with Crippen molar-refractivity contribution in [2.24, 2.45) is 0 Å². The minimum Gasteiger partial charge on any atom is -0.480 e. The second-order valence-electron chi connectivity index (χ2n) is 4.79. The summed E-state index contributed by atoms with van der Waals surface area (Å²) in [5.74, 6) is -0.733. The fourth-order valence-corrected chi connectivity index (χ4v) is 1.69. The lowest BCUT2D eigenvalue weighted by Crippen LogP contribution is -2.42. The van der Waals surface area contributed by atoms with E-state index in [4.69, 9.17) is 5.11 Å². The van der Waals surface area contributed by atoms with E-state index in [1.165, 1.54) is 6.08 Å². The number of urea groups is 1. The van der Waals surface area contributed by atoms with Gasteiger partial charge in [-0.3, -0.25) is 0 Å². The number of carbonyl (C=O) groups is 2. The van der Waals surface area contributed by atoms with Crippen molar-refractivity contribution in [3.8, 4) is 0 Å². The molecule has 0 heterocycles. The Morgan fingerprint density at radius 2 is 2.10 bits per heavy atom. The van der Waals surface area contributed by atoms with Crippen molar-refractivity contribution in [1.29, 1.82) is 0 Å². The second-order valence-corrected chi connectivity index (χ2v) is 4.79. The van der Waals surface area contributed by atoms with Crippen molar-refractivity contribution in [3.05, 3.63) is 42.5 Å². The number of carbonyl (C=O) groups excluding carboxylic acids is 1. The Morgan fingerprint density at radius 1 is 1.40 bits per heavy atom. The van der Waals surface area contributed by atoms with Gasteiger partial charge in [-0.05, 0) is 30.0 Å². The molecule has 0 aliphatic carbocycles. The molecule has 1 aromatic rings. The van der Waals surface area contributed by atoms with Crippen LogP contribution in [0.15, 0.2) is 36.9 Å². The van der Waals surface area contributed by atoms with E-state index in [1.807, 2.05) is 18.2 Å². The van der Waals surface area contributed by atoms with E-state index in [0.29, 0.717) is 11.6 Å². The number of carboxylic acids is 1. The monoisotopic (exact) mass is 276 g/mol. The number of nitrogens with one attached hydrogen (secondary N) is 2. The smallest absolute Gasteiger partial charge is 0.326 e. The summed E-state index contributed by atoms with van der Waals surface area (Å²) < 4.78 is 0. The van der Waals surface area contributed by atoms with Crippen molar-refractivity contribution in [2.75, 3.05) is 5.32 Å². The molecule has 5 nitrogen and oxygen atoms in total. The van der Waals surface area contributed by atoms with Gasteiger partial charge in [-0.15, -0.1) is 6.58 Å². The number of carboxylic acid groups (broad SMARTS) is 1. The third-order valence-corrected chi connectivity index (χ3v) is 2.82. The van der Waals surface area contributed by atoms with Gasteiger partial charge in [0, 0.05) is 5.69 Å². The molecular formula is C15H20N2O3.